The Morgan fingerprint density at radius 2 is 1.89 bits per heavy atom. The lowest BCUT2D eigenvalue weighted by atomic mass is 10.1. The van der Waals surface area contributed by atoms with Gasteiger partial charge < -0.3 is 4.90 Å². The number of nitrogens with zero attached hydrogens (tertiary/aromatic N) is 1. The van der Waals surface area contributed by atoms with Crippen molar-refractivity contribution in [3.8, 4) is 0 Å². The summed E-state index contributed by atoms with van der Waals surface area (Å²) in [5.41, 5.74) is 1.32. The summed E-state index contributed by atoms with van der Waals surface area (Å²) in [6, 6.07) is 10.4. The summed E-state index contributed by atoms with van der Waals surface area (Å²) in [5, 5.41) is -1.07. The van der Waals surface area contributed by atoms with Crippen LogP contribution >= 0.6 is 0 Å². The highest BCUT2D eigenvalue weighted by atomic mass is 32.2. The standard InChI is InChI=1S/C19H18FNO5S2/c20-17-6-5-14(28(25,26)15-8-10-27(23,24)12-15)11-16(17)19(22)21-9-7-13-3-1-2-4-18(13)21/h1-6,11,15H,7-10,12H2. The van der Waals surface area contributed by atoms with Gasteiger partial charge >= 0.3 is 0 Å². The molecule has 2 aliphatic rings. The van der Waals surface area contributed by atoms with Gasteiger partial charge in [0.15, 0.2) is 19.7 Å². The number of fused-ring (bicyclic) bond motifs is 1. The van der Waals surface area contributed by atoms with Crippen molar-refractivity contribution < 1.29 is 26.0 Å². The molecule has 0 aliphatic carbocycles. The van der Waals surface area contributed by atoms with E-state index in [1.807, 2.05) is 12.1 Å². The highest BCUT2D eigenvalue weighted by molar-refractivity contribution is 7.96. The minimum atomic E-state index is -3.98. The van der Waals surface area contributed by atoms with Crippen LogP contribution < -0.4 is 4.90 Å². The maximum Gasteiger partial charge on any atom is 0.261 e. The van der Waals surface area contributed by atoms with Crippen LogP contribution in [0.15, 0.2) is 47.4 Å². The molecular weight excluding hydrogens is 405 g/mol. The lowest BCUT2D eigenvalue weighted by Crippen LogP contribution is -2.30. The molecule has 28 heavy (non-hydrogen) atoms. The molecule has 0 N–H and O–H groups in total. The summed E-state index contributed by atoms with van der Waals surface area (Å²) in [5.74, 6) is -2.06. The molecule has 2 aliphatic heterocycles. The Morgan fingerprint density at radius 3 is 2.61 bits per heavy atom. The molecule has 2 heterocycles. The molecule has 2 aromatic carbocycles. The first-order valence-electron chi connectivity index (χ1n) is 8.83. The average molecular weight is 423 g/mol. The molecule has 0 aromatic heterocycles. The zero-order chi connectivity index (χ0) is 20.1. The molecule has 6 nitrogen and oxygen atoms in total. The number of sulfone groups is 2. The van der Waals surface area contributed by atoms with Crippen molar-refractivity contribution in [2.75, 3.05) is 23.0 Å². The highest BCUT2D eigenvalue weighted by Gasteiger charge is 2.38. The summed E-state index contributed by atoms with van der Waals surface area (Å²) in [6.45, 7) is 0.384. The fourth-order valence-electron chi connectivity index (χ4n) is 3.74. The molecule has 0 bridgehead atoms. The van der Waals surface area contributed by atoms with E-state index >= 15 is 0 Å². The zero-order valence-electron chi connectivity index (χ0n) is 14.8. The number of benzene rings is 2. The number of para-hydroxylation sites is 1. The monoisotopic (exact) mass is 423 g/mol. The smallest absolute Gasteiger partial charge is 0.261 e. The van der Waals surface area contributed by atoms with Crippen molar-refractivity contribution in [1.29, 1.82) is 0 Å². The zero-order valence-corrected chi connectivity index (χ0v) is 16.5. The van der Waals surface area contributed by atoms with E-state index in [0.717, 1.165) is 23.8 Å². The first kappa shape index (κ1) is 19.1. The summed E-state index contributed by atoms with van der Waals surface area (Å²) in [7, 11) is -7.38. The average Bonchev–Trinajstić information content (AvgIpc) is 3.25. The topological polar surface area (TPSA) is 88.6 Å². The lowest BCUT2D eigenvalue weighted by molar-refractivity contribution is 0.0985. The molecular formula is C19H18FNO5S2. The van der Waals surface area contributed by atoms with Crippen LogP contribution in [0, 0.1) is 5.82 Å². The number of amides is 1. The maximum absolute atomic E-state index is 14.4. The molecule has 1 amide bonds. The molecule has 1 saturated heterocycles. The summed E-state index contributed by atoms with van der Waals surface area (Å²) >= 11 is 0. The summed E-state index contributed by atoms with van der Waals surface area (Å²) in [4.78, 5) is 14.1. The van der Waals surface area contributed by atoms with Gasteiger partial charge in [0, 0.05) is 12.2 Å². The Kier molecular flexibility index (Phi) is 4.54. The van der Waals surface area contributed by atoms with Crippen LogP contribution in [0.4, 0.5) is 10.1 Å². The van der Waals surface area contributed by atoms with Crippen molar-refractivity contribution in [1.82, 2.24) is 0 Å². The third-order valence-corrected chi connectivity index (χ3v) is 9.43. The van der Waals surface area contributed by atoms with Gasteiger partial charge in [0.05, 0.1) is 27.2 Å². The molecule has 9 heteroatoms. The first-order chi connectivity index (χ1) is 13.2. The lowest BCUT2D eigenvalue weighted by Gasteiger charge is -2.18. The Bertz CT molecular complexity index is 1170. The molecule has 0 spiro atoms. The van der Waals surface area contributed by atoms with Crippen LogP contribution in [0.1, 0.15) is 22.3 Å². The fraction of sp³-hybridized carbons (Fsp3) is 0.316. The van der Waals surface area contributed by atoms with Crippen molar-refractivity contribution in [2.45, 2.75) is 23.0 Å². The quantitative estimate of drug-likeness (QED) is 0.705. The van der Waals surface area contributed by atoms with E-state index < -0.39 is 42.4 Å². The van der Waals surface area contributed by atoms with Crippen molar-refractivity contribution in [3.63, 3.8) is 0 Å². The van der Waals surface area contributed by atoms with Gasteiger partial charge in [0.1, 0.15) is 5.82 Å². The molecule has 4 rings (SSSR count). The van der Waals surface area contributed by atoms with Crippen LogP contribution in [0.2, 0.25) is 0 Å². The summed E-state index contributed by atoms with van der Waals surface area (Å²) < 4.78 is 63.3. The maximum atomic E-state index is 14.4. The number of carbonyl (C=O) groups is 1. The number of hydrogen-bond donors (Lipinski definition) is 0. The Morgan fingerprint density at radius 1 is 1.14 bits per heavy atom. The second-order valence-corrected chi connectivity index (χ2v) is 11.5. The minimum Gasteiger partial charge on any atom is -0.308 e. The second kappa shape index (κ2) is 6.66. The number of halogens is 1. The van der Waals surface area contributed by atoms with Gasteiger partial charge in [0.2, 0.25) is 0 Å². The molecule has 0 saturated carbocycles. The van der Waals surface area contributed by atoms with Gasteiger partial charge in [-0.2, -0.15) is 0 Å². The Hall–Kier alpha value is -2.26. The molecule has 1 unspecified atom stereocenters. The van der Waals surface area contributed by atoms with Gasteiger partial charge in [-0.15, -0.1) is 0 Å². The van der Waals surface area contributed by atoms with Gasteiger partial charge in [-0.3, -0.25) is 4.79 Å². The number of anilines is 1. The van der Waals surface area contributed by atoms with E-state index in [1.54, 1.807) is 12.1 Å². The van der Waals surface area contributed by atoms with E-state index in [4.69, 9.17) is 0 Å². The highest BCUT2D eigenvalue weighted by Crippen LogP contribution is 2.31. The SMILES string of the molecule is O=C(c1cc(S(=O)(=O)C2CCS(=O)(=O)C2)ccc1F)N1CCc2ccccc21. The minimum absolute atomic E-state index is 0.00478. The molecule has 0 radical (unpaired) electrons. The largest absolute Gasteiger partial charge is 0.308 e. The second-order valence-electron chi connectivity index (χ2n) is 7.05. The van der Waals surface area contributed by atoms with Crippen LogP contribution in [0.25, 0.3) is 0 Å². The summed E-state index contributed by atoms with van der Waals surface area (Å²) in [6.07, 6.45) is 0.645. The van der Waals surface area contributed by atoms with E-state index in [2.05, 4.69) is 0 Å². The third kappa shape index (κ3) is 3.22. The molecule has 1 atom stereocenters. The third-order valence-electron chi connectivity index (χ3n) is 5.26. The van der Waals surface area contributed by atoms with Crippen LogP contribution in [0.3, 0.4) is 0 Å². The number of hydrogen-bond acceptors (Lipinski definition) is 5. The number of rotatable bonds is 3. The van der Waals surface area contributed by atoms with E-state index in [-0.39, 0.29) is 22.6 Å². The van der Waals surface area contributed by atoms with Crippen LogP contribution in [0.5, 0.6) is 0 Å². The predicted octanol–water partition coefficient (Wildman–Crippen LogP) is 1.99. The number of carbonyl (C=O) groups excluding carboxylic acids is 1. The van der Waals surface area contributed by atoms with Gasteiger partial charge in [-0.25, -0.2) is 21.2 Å². The normalized spacial score (nSPS) is 20.9. The van der Waals surface area contributed by atoms with Gasteiger partial charge in [0.25, 0.3) is 5.91 Å². The van der Waals surface area contributed by atoms with E-state index in [9.17, 15) is 26.0 Å². The van der Waals surface area contributed by atoms with Gasteiger partial charge in [-0.05, 0) is 42.7 Å². The predicted molar refractivity (Wildman–Crippen MR) is 102 cm³/mol. The van der Waals surface area contributed by atoms with Gasteiger partial charge in [-0.1, -0.05) is 18.2 Å². The Labute approximate surface area is 162 Å². The molecule has 1 fully saturated rings. The van der Waals surface area contributed by atoms with Crippen molar-refractivity contribution in [3.05, 3.63) is 59.4 Å². The fourth-order valence-corrected chi connectivity index (χ4v) is 8.12. The Balaban J connectivity index is 1.70. The molecule has 2 aromatic rings. The van der Waals surface area contributed by atoms with E-state index in [1.165, 1.54) is 4.90 Å². The van der Waals surface area contributed by atoms with E-state index in [0.29, 0.717) is 18.7 Å². The van der Waals surface area contributed by atoms with Crippen LogP contribution in [-0.4, -0.2) is 46.0 Å². The van der Waals surface area contributed by atoms with Crippen LogP contribution in [-0.2, 0) is 26.1 Å². The van der Waals surface area contributed by atoms with Crippen molar-refractivity contribution in [2.24, 2.45) is 0 Å². The first-order valence-corrected chi connectivity index (χ1v) is 12.2. The van der Waals surface area contributed by atoms with Crippen molar-refractivity contribution >= 4 is 31.3 Å². The molecule has 148 valence electrons.